The van der Waals surface area contributed by atoms with E-state index in [4.69, 9.17) is 0 Å². The summed E-state index contributed by atoms with van der Waals surface area (Å²) in [7, 11) is 4.38. The molecule has 0 aliphatic heterocycles. The summed E-state index contributed by atoms with van der Waals surface area (Å²) in [5, 5.41) is 21.3. The van der Waals surface area contributed by atoms with E-state index in [-0.39, 0.29) is 6.42 Å². The van der Waals surface area contributed by atoms with Crippen LogP contribution in [0.3, 0.4) is 0 Å². The molecule has 0 aromatic heterocycles. The van der Waals surface area contributed by atoms with E-state index in [1.54, 1.807) is 0 Å². The maximum atomic E-state index is 10.8. The molecule has 0 amide bonds. The average Bonchev–Trinajstić information content (AvgIpc) is 2.64. The minimum atomic E-state index is -0.944. The van der Waals surface area contributed by atoms with E-state index in [1.807, 2.05) is 6.92 Å². The van der Waals surface area contributed by atoms with Crippen molar-refractivity contribution >= 4 is 5.97 Å². The zero-order valence-corrected chi connectivity index (χ0v) is 20.9. The third-order valence-electron chi connectivity index (χ3n) is 6.23. The molecule has 4 heteroatoms. The molecular formula is C26H53NO3. The van der Waals surface area contributed by atoms with Gasteiger partial charge in [-0.05, 0) is 39.0 Å². The van der Waals surface area contributed by atoms with Crippen molar-refractivity contribution in [3.05, 3.63) is 0 Å². The van der Waals surface area contributed by atoms with Gasteiger partial charge >= 0.3 is 0 Å². The standard InChI is InChI=1S/C26H53NO3/c1-5-6-7-8-9-10-11-12-13-14-16-19-22-26(2,30)24-27(3,4)23-20-17-15-18-21-25(28)29/h30H,5-24H2,1-4H3. The van der Waals surface area contributed by atoms with Gasteiger partial charge in [-0.25, -0.2) is 0 Å². The molecule has 0 aromatic rings. The average molecular weight is 428 g/mol. The fraction of sp³-hybridized carbons (Fsp3) is 0.962. The summed E-state index contributed by atoms with van der Waals surface area (Å²) in [5.41, 5.74) is -0.600. The molecule has 1 unspecified atom stereocenters. The Bertz CT molecular complexity index is 407. The Morgan fingerprint density at radius 3 is 1.70 bits per heavy atom. The number of nitrogens with zero attached hydrogens (tertiary/aromatic N) is 1. The molecular weight excluding hydrogens is 374 g/mol. The van der Waals surface area contributed by atoms with Gasteiger partial charge in [-0.3, -0.25) is 0 Å². The monoisotopic (exact) mass is 427 g/mol. The Balaban J connectivity index is 3.67. The molecule has 0 saturated carbocycles. The van der Waals surface area contributed by atoms with E-state index in [0.29, 0.717) is 6.42 Å². The smallest absolute Gasteiger partial charge is 0.111 e. The lowest BCUT2D eigenvalue weighted by Gasteiger charge is -2.36. The van der Waals surface area contributed by atoms with Crippen LogP contribution in [-0.4, -0.2) is 48.3 Å². The molecule has 0 aromatic carbocycles. The number of carbonyl (C=O) groups is 1. The zero-order chi connectivity index (χ0) is 22.7. The molecule has 180 valence electrons. The number of carbonyl (C=O) groups excluding carboxylic acids is 1. The molecule has 0 spiro atoms. The van der Waals surface area contributed by atoms with Crippen LogP contribution in [0.15, 0.2) is 0 Å². The molecule has 0 saturated heterocycles. The summed E-state index contributed by atoms with van der Waals surface area (Å²) < 4.78 is 0.825. The summed E-state index contributed by atoms with van der Waals surface area (Å²) in [4.78, 5) is 10.4. The van der Waals surface area contributed by atoms with E-state index < -0.39 is 11.6 Å². The molecule has 4 nitrogen and oxygen atoms in total. The Morgan fingerprint density at radius 2 is 1.20 bits per heavy atom. The quantitative estimate of drug-likeness (QED) is 0.180. The van der Waals surface area contributed by atoms with Crippen molar-refractivity contribution in [2.75, 3.05) is 27.2 Å². The topological polar surface area (TPSA) is 60.4 Å². The lowest BCUT2D eigenvalue weighted by Crippen LogP contribution is -2.50. The van der Waals surface area contributed by atoms with Gasteiger partial charge < -0.3 is 19.5 Å². The van der Waals surface area contributed by atoms with Crippen molar-refractivity contribution in [3.63, 3.8) is 0 Å². The number of hydrogen-bond acceptors (Lipinski definition) is 3. The summed E-state index contributed by atoms with van der Waals surface area (Å²) in [6.07, 6.45) is 21.0. The van der Waals surface area contributed by atoms with E-state index in [2.05, 4.69) is 21.0 Å². The molecule has 0 heterocycles. The normalized spacial score (nSPS) is 14.0. The maximum Gasteiger partial charge on any atom is 0.111 e. The first-order valence-electron chi connectivity index (χ1n) is 12.9. The molecule has 0 rings (SSSR count). The van der Waals surface area contributed by atoms with Crippen LogP contribution >= 0.6 is 0 Å². The second-order valence-corrected chi connectivity index (χ2v) is 10.5. The molecule has 1 atom stereocenters. The first-order valence-corrected chi connectivity index (χ1v) is 12.9. The maximum absolute atomic E-state index is 10.8. The van der Waals surface area contributed by atoms with Gasteiger partial charge in [0.15, 0.2) is 0 Å². The fourth-order valence-electron chi connectivity index (χ4n) is 4.59. The summed E-state index contributed by atoms with van der Waals surface area (Å²) in [6.45, 7) is 6.07. The minimum absolute atomic E-state index is 0.173. The SMILES string of the molecule is CCCCCCCCCCCCCCC(C)(O)C[N+](C)(C)CCCCCCC(=O)[O-]. The van der Waals surface area contributed by atoms with Gasteiger partial charge in [0.1, 0.15) is 12.1 Å². The summed E-state index contributed by atoms with van der Waals surface area (Å²) >= 11 is 0. The predicted molar refractivity (Wildman–Crippen MR) is 126 cm³/mol. The fourth-order valence-corrected chi connectivity index (χ4v) is 4.59. The van der Waals surface area contributed by atoms with Crippen molar-refractivity contribution in [2.45, 2.75) is 135 Å². The highest BCUT2D eigenvalue weighted by Gasteiger charge is 2.29. The van der Waals surface area contributed by atoms with Gasteiger partial charge in [-0.1, -0.05) is 90.4 Å². The Labute approximate surface area is 188 Å². The second-order valence-electron chi connectivity index (χ2n) is 10.5. The molecule has 0 radical (unpaired) electrons. The van der Waals surface area contributed by atoms with Crippen LogP contribution in [0.1, 0.15) is 129 Å². The molecule has 1 N–H and O–H groups in total. The van der Waals surface area contributed by atoms with Crippen molar-refractivity contribution in [1.82, 2.24) is 0 Å². The van der Waals surface area contributed by atoms with Gasteiger partial charge in [0.05, 0.1) is 20.6 Å². The lowest BCUT2D eigenvalue weighted by molar-refractivity contribution is -0.896. The summed E-state index contributed by atoms with van der Waals surface area (Å²) in [5.74, 6) is -0.944. The first kappa shape index (κ1) is 29.4. The van der Waals surface area contributed by atoms with Crippen molar-refractivity contribution in [3.8, 4) is 0 Å². The predicted octanol–water partition coefficient (Wildman–Crippen LogP) is 5.61. The van der Waals surface area contributed by atoms with Gasteiger partial charge in [-0.2, -0.15) is 0 Å². The van der Waals surface area contributed by atoms with Crippen LogP contribution in [0.25, 0.3) is 0 Å². The number of quaternary nitrogens is 1. The largest absolute Gasteiger partial charge is 0.550 e. The highest BCUT2D eigenvalue weighted by Crippen LogP contribution is 2.20. The van der Waals surface area contributed by atoms with Crippen molar-refractivity contribution in [2.24, 2.45) is 0 Å². The van der Waals surface area contributed by atoms with Gasteiger partial charge in [0, 0.05) is 5.97 Å². The number of carboxylic acid groups (broad SMARTS) is 1. The Hall–Kier alpha value is -0.610. The van der Waals surface area contributed by atoms with Crippen LogP contribution in [0.5, 0.6) is 0 Å². The molecule has 0 aliphatic rings. The number of carboxylic acids is 1. The van der Waals surface area contributed by atoms with Crippen LogP contribution in [-0.2, 0) is 4.79 Å². The third-order valence-corrected chi connectivity index (χ3v) is 6.23. The van der Waals surface area contributed by atoms with Crippen LogP contribution in [0.2, 0.25) is 0 Å². The number of hydrogen-bond donors (Lipinski definition) is 1. The highest BCUT2D eigenvalue weighted by atomic mass is 16.4. The van der Waals surface area contributed by atoms with Gasteiger partial charge in [0.25, 0.3) is 0 Å². The van der Waals surface area contributed by atoms with Crippen LogP contribution in [0.4, 0.5) is 0 Å². The Kier molecular flexibility index (Phi) is 17.6. The van der Waals surface area contributed by atoms with Crippen LogP contribution < -0.4 is 5.11 Å². The second kappa shape index (κ2) is 18.0. The van der Waals surface area contributed by atoms with E-state index in [1.165, 1.54) is 70.6 Å². The first-order chi connectivity index (χ1) is 14.2. The highest BCUT2D eigenvalue weighted by molar-refractivity contribution is 5.63. The zero-order valence-electron chi connectivity index (χ0n) is 20.9. The molecule has 0 bridgehead atoms. The minimum Gasteiger partial charge on any atom is -0.550 e. The number of unbranched alkanes of at least 4 members (excludes halogenated alkanes) is 14. The number of aliphatic carboxylic acids is 1. The number of rotatable bonds is 22. The van der Waals surface area contributed by atoms with Gasteiger partial charge in [-0.15, -0.1) is 0 Å². The third kappa shape index (κ3) is 20.7. The van der Waals surface area contributed by atoms with E-state index >= 15 is 0 Å². The van der Waals surface area contributed by atoms with E-state index in [9.17, 15) is 15.0 Å². The lowest BCUT2D eigenvalue weighted by atomic mass is 9.96. The van der Waals surface area contributed by atoms with Crippen molar-refractivity contribution in [1.29, 1.82) is 0 Å². The summed E-state index contributed by atoms with van der Waals surface area (Å²) in [6, 6.07) is 0. The van der Waals surface area contributed by atoms with Gasteiger partial charge in [0.2, 0.25) is 0 Å². The number of likely N-dealkylation sites (N-methyl/N-ethyl adjacent to an activating group) is 1. The van der Waals surface area contributed by atoms with E-state index in [0.717, 1.165) is 49.7 Å². The molecule has 30 heavy (non-hydrogen) atoms. The number of aliphatic hydroxyl groups is 1. The van der Waals surface area contributed by atoms with Crippen LogP contribution in [0, 0.1) is 0 Å². The molecule has 0 aliphatic carbocycles. The van der Waals surface area contributed by atoms with Crippen molar-refractivity contribution < 1.29 is 19.5 Å². The molecule has 0 fully saturated rings. The Morgan fingerprint density at radius 1 is 0.767 bits per heavy atom.